The molecule has 2 amide bonds. The van der Waals surface area contributed by atoms with Crippen LogP contribution in [0.15, 0.2) is 0 Å². The standard InChI is InChI=1S/C19H33N5O3/c1-3-24-18-6-10-27-14-16(18)17(22-24)13-23-8-4-15(5-9-23)12-21-19(25)20-7-11-26-2/h15H,3-14H2,1-2H3,(H2,20,21,25). The van der Waals surface area contributed by atoms with Crippen LogP contribution >= 0.6 is 0 Å². The topological polar surface area (TPSA) is 80.7 Å². The van der Waals surface area contributed by atoms with Crippen LogP contribution in [0.2, 0.25) is 0 Å². The Hall–Kier alpha value is -1.64. The van der Waals surface area contributed by atoms with Crippen LogP contribution in [0.4, 0.5) is 4.79 Å². The van der Waals surface area contributed by atoms with Gasteiger partial charge in [0.05, 0.1) is 25.5 Å². The van der Waals surface area contributed by atoms with Crippen LogP contribution in [0.25, 0.3) is 0 Å². The number of hydrogen-bond acceptors (Lipinski definition) is 5. The largest absolute Gasteiger partial charge is 0.383 e. The van der Waals surface area contributed by atoms with Gasteiger partial charge in [-0.2, -0.15) is 5.10 Å². The van der Waals surface area contributed by atoms with Crippen LogP contribution in [0.1, 0.15) is 36.7 Å². The van der Waals surface area contributed by atoms with Crippen LogP contribution in [0.5, 0.6) is 0 Å². The molecule has 8 nitrogen and oxygen atoms in total. The van der Waals surface area contributed by atoms with Gasteiger partial charge >= 0.3 is 6.03 Å². The zero-order valence-corrected chi connectivity index (χ0v) is 16.6. The molecule has 0 saturated carbocycles. The number of carbonyl (C=O) groups excluding carboxylic acids is 1. The first-order chi connectivity index (χ1) is 13.2. The van der Waals surface area contributed by atoms with E-state index in [9.17, 15) is 4.79 Å². The normalized spacial score (nSPS) is 18.3. The number of carbonyl (C=O) groups is 1. The molecule has 1 saturated heterocycles. The number of aromatic nitrogens is 2. The summed E-state index contributed by atoms with van der Waals surface area (Å²) in [5, 5.41) is 10.6. The minimum Gasteiger partial charge on any atom is -0.383 e. The molecule has 0 unspecified atom stereocenters. The van der Waals surface area contributed by atoms with Gasteiger partial charge in [0, 0.05) is 51.0 Å². The van der Waals surface area contributed by atoms with Crippen molar-refractivity contribution in [3.63, 3.8) is 0 Å². The summed E-state index contributed by atoms with van der Waals surface area (Å²) in [7, 11) is 1.63. The molecule has 0 radical (unpaired) electrons. The van der Waals surface area contributed by atoms with Crippen LogP contribution in [-0.2, 0) is 35.6 Å². The molecule has 2 aliphatic heterocycles. The summed E-state index contributed by atoms with van der Waals surface area (Å²) in [6, 6.07) is -0.105. The second kappa shape index (κ2) is 10.1. The average molecular weight is 380 g/mol. The van der Waals surface area contributed by atoms with Crippen molar-refractivity contribution in [2.24, 2.45) is 5.92 Å². The van der Waals surface area contributed by atoms with Gasteiger partial charge in [-0.1, -0.05) is 0 Å². The number of likely N-dealkylation sites (tertiary alicyclic amines) is 1. The number of ether oxygens (including phenoxy) is 2. The van der Waals surface area contributed by atoms with Crippen molar-refractivity contribution in [1.82, 2.24) is 25.3 Å². The summed E-state index contributed by atoms with van der Waals surface area (Å²) in [6.07, 6.45) is 3.17. The molecule has 0 aromatic carbocycles. The van der Waals surface area contributed by atoms with E-state index in [1.54, 1.807) is 7.11 Å². The van der Waals surface area contributed by atoms with Crippen LogP contribution in [0.3, 0.4) is 0 Å². The lowest BCUT2D eigenvalue weighted by atomic mass is 9.96. The van der Waals surface area contributed by atoms with Crippen molar-refractivity contribution in [2.45, 2.75) is 45.9 Å². The Morgan fingerprint density at radius 3 is 2.89 bits per heavy atom. The average Bonchev–Trinajstić information content (AvgIpc) is 3.05. The quantitative estimate of drug-likeness (QED) is 0.662. The first kappa shape index (κ1) is 20.1. The first-order valence-electron chi connectivity index (χ1n) is 10.1. The number of nitrogens with zero attached hydrogens (tertiary/aromatic N) is 3. The number of fused-ring (bicyclic) bond motifs is 1. The monoisotopic (exact) mass is 379 g/mol. The van der Waals surface area contributed by atoms with Gasteiger partial charge in [0.1, 0.15) is 0 Å². The Morgan fingerprint density at radius 2 is 2.15 bits per heavy atom. The van der Waals surface area contributed by atoms with E-state index in [0.717, 1.165) is 58.6 Å². The van der Waals surface area contributed by atoms with E-state index in [1.807, 2.05) is 0 Å². The maximum absolute atomic E-state index is 11.7. The van der Waals surface area contributed by atoms with Gasteiger partial charge in [-0.25, -0.2) is 4.79 Å². The number of methoxy groups -OCH3 is 1. The summed E-state index contributed by atoms with van der Waals surface area (Å²) in [4.78, 5) is 14.2. The molecule has 2 N–H and O–H groups in total. The molecular formula is C19H33N5O3. The number of amides is 2. The first-order valence-corrected chi connectivity index (χ1v) is 10.1. The molecule has 3 rings (SSSR count). The predicted molar refractivity (Wildman–Crippen MR) is 103 cm³/mol. The molecule has 152 valence electrons. The lowest BCUT2D eigenvalue weighted by Crippen LogP contribution is -2.42. The predicted octanol–water partition coefficient (Wildman–Crippen LogP) is 1.13. The fourth-order valence-corrected chi connectivity index (χ4v) is 3.89. The zero-order chi connectivity index (χ0) is 19.1. The molecule has 27 heavy (non-hydrogen) atoms. The summed E-state index contributed by atoms with van der Waals surface area (Å²) < 4.78 is 12.7. The van der Waals surface area contributed by atoms with Crippen molar-refractivity contribution in [3.05, 3.63) is 17.0 Å². The summed E-state index contributed by atoms with van der Waals surface area (Å²) >= 11 is 0. The molecule has 0 bridgehead atoms. The number of nitrogens with one attached hydrogen (secondary N) is 2. The number of aryl methyl sites for hydroxylation is 1. The molecule has 0 spiro atoms. The Balaban J connectivity index is 1.42. The highest BCUT2D eigenvalue weighted by molar-refractivity contribution is 5.73. The van der Waals surface area contributed by atoms with Crippen molar-refractivity contribution in [1.29, 1.82) is 0 Å². The number of hydrogen-bond donors (Lipinski definition) is 2. The second-order valence-electron chi connectivity index (χ2n) is 7.34. The third-order valence-electron chi connectivity index (χ3n) is 5.50. The number of rotatable bonds is 8. The molecule has 1 fully saturated rings. The van der Waals surface area contributed by atoms with Gasteiger partial charge in [0.15, 0.2) is 0 Å². The molecule has 8 heteroatoms. The van der Waals surface area contributed by atoms with E-state index in [4.69, 9.17) is 14.6 Å². The zero-order valence-electron chi connectivity index (χ0n) is 16.6. The van der Waals surface area contributed by atoms with E-state index < -0.39 is 0 Å². The van der Waals surface area contributed by atoms with Crippen molar-refractivity contribution >= 4 is 6.03 Å². The summed E-state index contributed by atoms with van der Waals surface area (Å²) in [5.74, 6) is 0.542. The third kappa shape index (κ3) is 5.43. The van der Waals surface area contributed by atoms with E-state index in [0.29, 0.717) is 25.7 Å². The molecule has 2 aliphatic rings. The van der Waals surface area contributed by atoms with Gasteiger partial charge in [-0.05, 0) is 38.8 Å². The lowest BCUT2D eigenvalue weighted by Gasteiger charge is -2.31. The van der Waals surface area contributed by atoms with Crippen LogP contribution in [-0.4, -0.2) is 67.2 Å². The van der Waals surface area contributed by atoms with Gasteiger partial charge in [0.2, 0.25) is 0 Å². The summed E-state index contributed by atoms with van der Waals surface area (Å²) in [5.41, 5.74) is 3.84. The molecule has 3 heterocycles. The number of urea groups is 1. The van der Waals surface area contributed by atoms with Crippen LogP contribution < -0.4 is 10.6 Å². The highest BCUT2D eigenvalue weighted by atomic mass is 16.5. The van der Waals surface area contributed by atoms with E-state index in [2.05, 4.69) is 27.1 Å². The Kier molecular flexibility index (Phi) is 7.49. The third-order valence-corrected chi connectivity index (χ3v) is 5.50. The second-order valence-corrected chi connectivity index (χ2v) is 7.34. The van der Waals surface area contributed by atoms with E-state index in [-0.39, 0.29) is 6.03 Å². The molecular weight excluding hydrogens is 346 g/mol. The van der Waals surface area contributed by atoms with E-state index in [1.165, 1.54) is 17.0 Å². The lowest BCUT2D eigenvalue weighted by molar-refractivity contribution is 0.107. The highest BCUT2D eigenvalue weighted by Gasteiger charge is 2.25. The van der Waals surface area contributed by atoms with Gasteiger partial charge in [-0.3, -0.25) is 9.58 Å². The van der Waals surface area contributed by atoms with E-state index >= 15 is 0 Å². The molecule has 0 aliphatic carbocycles. The molecule has 0 atom stereocenters. The highest BCUT2D eigenvalue weighted by Crippen LogP contribution is 2.24. The Morgan fingerprint density at radius 1 is 1.33 bits per heavy atom. The van der Waals surface area contributed by atoms with Crippen molar-refractivity contribution < 1.29 is 14.3 Å². The van der Waals surface area contributed by atoms with Crippen LogP contribution in [0, 0.1) is 5.92 Å². The maximum atomic E-state index is 11.7. The summed E-state index contributed by atoms with van der Waals surface area (Å²) in [6.45, 7) is 9.38. The molecule has 1 aromatic heterocycles. The fraction of sp³-hybridized carbons (Fsp3) is 0.789. The number of piperidine rings is 1. The SMILES string of the molecule is CCn1nc(CN2CCC(CNC(=O)NCCOC)CC2)c2c1CCOC2. The van der Waals surface area contributed by atoms with Crippen molar-refractivity contribution in [3.8, 4) is 0 Å². The maximum Gasteiger partial charge on any atom is 0.314 e. The minimum absolute atomic E-state index is 0.105. The Bertz CT molecular complexity index is 611. The smallest absolute Gasteiger partial charge is 0.314 e. The van der Waals surface area contributed by atoms with Crippen molar-refractivity contribution in [2.75, 3.05) is 46.5 Å². The van der Waals surface area contributed by atoms with Gasteiger partial charge in [-0.15, -0.1) is 0 Å². The minimum atomic E-state index is -0.105. The van der Waals surface area contributed by atoms with Gasteiger partial charge in [0.25, 0.3) is 0 Å². The molecule has 1 aromatic rings. The fourth-order valence-electron chi connectivity index (χ4n) is 3.89. The van der Waals surface area contributed by atoms with Gasteiger partial charge < -0.3 is 20.1 Å². The Labute approximate surface area is 161 Å².